The Morgan fingerprint density at radius 3 is 2.68 bits per heavy atom. The fourth-order valence-corrected chi connectivity index (χ4v) is 2.20. The summed E-state index contributed by atoms with van der Waals surface area (Å²) < 4.78 is 11.1. The smallest absolute Gasteiger partial charge is 0.410 e. The topological polar surface area (TPSA) is 97.0 Å². The van der Waals surface area contributed by atoms with E-state index in [1.807, 2.05) is 20.8 Å². The summed E-state index contributed by atoms with van der Waals surface area (Å²) in [6.07, 6.45) is 1.38. The van der Waals surface area contributed by atoms with E-state index in [-0.39, 0.29) is 37.0 Å². The largest absolute Gasteiger partial charge is 0.444 e. The molecular weight excluding hydrogens is 326 g/mol. The first kappa shape index (κ1) is 21.0. The molecule has 1 aliphatic rings. The Morgan fingerprint density at radius 2 is 2.04 bits per heavy atom. The third kappa shape index (κ3) is 9.09. The number of carbonyl (C=O) groups excluding carboxylic acids is 3. The van der Waals surface area contributed by atoms with Crippen molar-refractivity contribution in [1.82, 2.24) is 15.5 Å². The highest BCUT2D eigenvalue weighted by molar-refractivity contribution is 5.87. The second-order valence-electron chi connectivity index (χ2n) is 6.82. The highest BCUT2D eigenvalue weighted by Gasteiger charge is 2.26. The van der Waals surface area contributed by atoms with Crippen molar-refractivity contribution in [3.05, 3.63) is 12.7 Å². The molecule has 8 heteroatoms. The number of ether oxygens (including phenoxy) is 2. The molecule has 1 atom stereocenters. The molecular formula is C17H29N3O5. The van der Waals surface area contributed by atoms with E-state index in [1.165, 1.54) is 0 Å². The standard InChI is InChI=1S/C17H29N3O5/c1-5-14(21)18-8-7-15(22)19-11-13-12-20(9-6-10-24-13)16(23)25-17(2,3)4/h5,13H,1,6-12H2,2-4H3,(H,18,21)(H,19,22). The Morgan fingerprint density at radius 1 is 1.32 bits per heavy atom. The van der Waals surface area contributed by atoms with Crippen LogP contribution in [-0.4, -0.2) is 67.3 Å². The normalized spacial score (nSPS) is 18.0. The summed E-state index contributed by atoms with van der Waals surface area (Å²) in [4.78, 5) is 36.6. The number of amides is 3. The molecule has 8 nitrogen and oxygen atoms in total. The molecule has 0 aromatic rings. The van der Waals surface area contributed by atoms with E-state index in [0.29, 0.717) is 26.2 Å². The molecule has 0 aromatic carbocycles. The van der Waals surface area contributed by atoms with Gasteiger partial charge in [-0.2, -0.15) is 0 Å². The van der Waals surface area contributed by atoms with Crippen LogP contribution in [0.25, 0.3) is 0 Å². The number of nitrogens with one attached hydrogen (secondary N) is 2. The van der Waals surface area contributed by atoms with Crippen LogP contribution in [0.1, 0.15) is 33.6 Å². The van der Waals surface area contributed by atoms with Crippen molar-refractivity contribution in [3.8, 4) is 0 Å². The Bertz CT molecular complexity index is 487. The van der Waals surface area contributed by atoms with Gasteiger partial charge in [0.2, 0.25) is 11.8 Å². The van der Waals surface area contributed by atoms with Gasteiger partial charge in [0.25, 0.3) is 0 Å². The first-order valence-corrected chi connectivity index (χ1v) is 8.48. The summed E-state index contributed by atoms with van der Waals surface area (Å²) in [5.41, 5.74) is -0.552. The summed E-state index contributed by atoms with van der Waals surface area (Å²) in [7, 11) is 0. The zero-order valence-electron chi connectivity index (χ0n) is 15.3. The second kappa shape index (κ2) is 10.0. The first-order valence-electron chi connectivity index (χ1n) is 8.48. The molecule has 2 N–H and O–H groups in total. The third-order valence-corrected chi connectivity index (χ3v) is 3.37. The fraction of sp³-hybridized carbons (Fsp3) is 0.706. The SMILES string of the molecule is C=CC(=O)NCCC(=O)NCC1CN(C(=O)OC(C)(C)C)CCCO1. The molecule has 0 radical (unpaired) electrons. The summed E-state index contributed by atoms with van der Waals surface area (Å²) in [5.74, 6) is -0.506. The fourth-order valence-electron chi connectivity index (χ4n) is 2.20. The summed E-state index contributed by atoms with van der Waals surface area (Å²) in [6.45, 7) is 10.8. The zero-order chi connectivity index (χ0) is 18.9. The van der Waals surface area contributed by atoms with Gasteiger partial charge in [-0.3, -0.25) is 9.59 Å². The van der Waals surface area contributed by atoms with Crippen molar-refractivity contribution in [1.29, 1.82) is 0 Å². The number of hydrogen-bond donors (Lipinski definition) is 2. The van der Waals surface area contributed by atoms with Gasteiger partial charge in [0.05, 0.1) is 12.6 Å². The molecule has 1 heterocycles. The van der Waals surface area contributed by atoms with Gasteiger partial charge in [-0.25, -0.2) is 4.79 Å². The van der Waals surface area contributed by atoms with Crippen molar-refractivity contribution < 1.29 is 23.9 Å². The van der Waals surface area contributed by atoms with Gasteiger partial charge in [0.15, 0.2) is 0 Å². The minimum Gasteiger partial charge on any atom is -0.444 e. The van der Waals surface area contributed by atoms with Crippen LogP contribution in [0.5, 0.6) is 0 Å². The maximum Gasteiger partial charge on any atom is 0.410 e. The lowest BCUT2D eigenvalue weighted by atomic mass is 10.2. The van der Waals surface area contributed by atoms with Crippen LogP contribution in [-0.2, 0) is 19.1 Å². The number of nitrogens with zero attached hydrogens (tertiary/aromatic N) is 1. The molecule has 3 amide bonds. The predicted octanol–water partition coefficient (Wildman–Crippen LogP) is 0.821. The molecule has 1 saturated heterocycles. The molecule has 0 saturated carbocycles. The maximum absolute atomic E-state index is 12.2. The predicted molar refractivity (Wildman–Crippen MR) is 93.0 cm³/mol. The van der Waals surface area contributed by atoms with Crippen LogP contribution in [0.2, 0.25) is 0 Å². The van der Waals surface area contributed by atoms with E-state index in [1.54, 1.807) is 4.90 Å². The first-order chi connectivity index (χ1) is 11.7. The van der Waals surface area contributed by atoms with E-state index in [0.717, 1.165) is 12.5 Å². The van der Waals surface area contributed by atoms with Gasteiger partial charge in [-0.05, 0) is 33.3 Å². The monoisotopic (exact) mass is 355 g/mol. The van der Waals surface area contributed by atoms with Crippen LogP contribution in [0.3, 0.4) is 0 Å². The van der Waals surface area contributed by atoms with Gasteiger partial charge in [-0.15, -0.1) is 0 Å². The third-order valence-electron chi connectivity index (χ3n) is 3.37. The molecule has 1 rings (SSSR count). The van der Waals surface area contributed by atoms with Crippen LogP contribution in [0.4, 0.5) is 4.79 Å². The van der Waals surface area contributed by atoms with Gasteiger partial charge in [-0.1, -0.05) is 6.58 Å². The molecule has 1 aliphatic heterocycles. The highest BCUT2D eigenvalue weighted by Crippen LogP contribution is 2.13. The second-order valence-corrected chi connectivity index (χ2v) is 6.82. The van der Waals surface area contributed by atoms with Crippen LogP contribution >= 0.6 is 0 Å². The Hall–Kier alpha value is -2.09. The van der Waals surface area contributed by atoms with Crippen molar-refractivity contribution >= 4 is 17.9 Å². The molecule has 25 heavy (non-hydrogen) atoms. The van der Waals surface area contributed by atoms with Gasteiger partial charge in [0.1, 0.15) is 5.60 Å². The lowest BCUT2D eigenvalue weighted by Crippen LogP contribution is -2.44. The summed E-state index contributed by atoms with van der Waals surface area (Å²) >= 11 is 0. The van der Waals surface area contributed by atoms with Crippen molar-refractivity contribution in [2.75, 3.05) is 32.8 Å². The van der Waals surface area contributed by atoms with Crippen molar-refractivity contribution in [3.63, 3.8) is 0 Å². The van der Waals surface area contributed by atoms with Crippen molar-refractivity contribution in [2.24, 2.45) is 0 Å². The van der Waals surface area contributed by atoms with E-state index >= 15 is 0 Å². The summed E-state index contributed by atoms with van der Waals surface area (Å²) in [5, 5.41) is 5.30. The molecule has 1 unspecified atom stereocenters. The Kier molecular flexibility index (Phi) is 8.40. The van der Waals surface area contributed by atoms with E-state index < -0.39 is 5.60 Å². The number of hydrogen-bond acceptors (Lipinski definition) is 5. The lowest BCUT2D eigenvalue weighted by molar-refractivity contribution is -0.121. The molecule has 0 spiro atoms. The van der Waals surface area contributed by atoms with Gasteiger partial charge < -0.3 is 25.0 Å². The van der Waals surface area contributed by atoms with Crippen molar-refractivity contribution in [2.45, 2.75) is 45.3 Å². The van der Waals surface area contributed by atoms with E-state index in [9.17, 15) is 14.4 Å². The number of rotatable bonds is 6. The maximum atomic E-state index is 12.2. The quantitative estimate of drug-likeness (QED) is 0.688. The average Bonchev–Trinajstić information content (AvgIpc) is 2.77. The zero-order valence-corrected chi connectivity index (χ0v) is 15.3. The molecule has 0 aromatic heterocycles. The van der Waals surface area contributed by atoms with Crippen LogP contribution < -0.4 is 10.6 Å². The highest BCUT2D eigenvalue weighted by atomic mass is 16.6. The van der Waals surface area contributed by atoms with Gasteiger partial charge >= 0.3 is 6.09 Å². The van der Waals surface area contributed by atoms with Gasteiger partial charge in [0, 0.05) is 32.7 Å². The molecule has 142 valence electrons. The molecule has 1 fully saturated rings. The van der Waals surface area contributed by atoms with E-state index in [2.05, 4.69) is 17.2 Å². The Labute approximate surface area is 148 Å². The minimum atomic E-state index is -0.552. The molecule has 0 bridgehead atoms. The summed E-state index contributed by atoms with van der Waals surface area (Å²) in [6, 6.07) is 0. The van der Waals surface area contributed by atoms with Crippen LogP contribution in [0.15, 0.2) is 12.7 Å². The Balaban J connectivity index is 2.39. The van der Waals surface area contributed by atoms with E-state index in [4.69, 9.17) is 9.47 Å². The van der Waals surface area contributed by atoms with Crippen LogP contribution in [0, 0.1) is 0 Å². The lowest BCUT2D eigenvalue weighted by Gasteiger charge is -2.28. The number of carbonyl (C=O) groups is 3. The molecule has 0 aliphatic carbocycles. The average molecular weight is 355 g/mol. The minimum absolute atomic E-state index is 0.169.